The molecule has 0 atom stereocenters. The van der Waals surface area contributed by atoms with E-state index in [2.05, 4.69) is 11.3 Å². The van der Waals surface area contributed by atoms with Gasteiger partial charge >= 0.3 is 5.97 Å². The summed E-state index contributed by atoms with van der Waals surface area (Å²) in [6.45, 7) is 2.54. The second kappa shape index (κ2) is 5.28. The van der Waals surface area contributed by atoms with Gasteiger partial charge in [0, 0.05) is 12.5 Å². The molecule has 0 aliphatic heterocycles. The van der Waals surface area contributed by atoms with Gasteiger partial charge < -0.3 is 4.74 Å². The summed E-state index contributed by atoms with van der Waals surface area (Å²) in [6, 6.07) is -0.404. The Bertz CT molecular complexity index is 136. The highest BCUT2D eigenvalue weighted by molar-refractivity contribution is 5.81. The van der Waals surface area contributed by atoms with Gasteiger partial charge in [0.25, 0.3) is 0 Å². The number of carbonyl (C=O) groups is 1. The molecule has 0 saturated carbocycles. The summed E-state index contributed by atoms with van der Waals surface area (Å²) in [5.74, 6) is -0.784. The van der Waals surface area contributed by atoms with Gasteiger partial charge in [0.15, 0.2) is 0 Å². The third-order valence-corrected chi connectivity index (χ3v) is 0.655. The van der Waals surface area contributed by atoms with Gasteiger partial charge in [-0.05, 0) is 0 Å². The van der Waals surface area contributed by atoms with E-state index in [1.807, 2.05) is 0 Å². The highest BCUT2D eigenvalue weighted by Gasteiger charge is 1.92. The van der Waals surface area contributed by atoms with Crippen LogP contribution in [-0.4, -0.2) is 19.3 Å². The molecule has 0 aliphatic rings. The van der Waals surface area contributed by atoms with Gasteiger partial charge in [-0.15, -0.1) is 0 Å². The van der Waals surface area contributed by atoms with Crippen molar-refractivity contribution in [3.05, 3.63) is 12.6 Å². The fourth-order valence-electron chi connectivity index (χ4n) is 0.270. The predicted octanol–water partition coefficient (Wildman–Crippen LogP) is 1.08. The standard InChI is InChI=1S/C6H9FO2/c1-2-6(8)9-5-3-4-7/h2H,1,3-5H2/i2D. The topological polar surface area (TPSA) is 26.3 Å². The molecule has 0 N–H and O–H groups in total. The Morgan fingerprint density at radius 2 is 2.67 bits per heavy atom. The molecule has 0 aromatic heterocycles. The molecule has 3 heteroatoms. The normalized spacial score (nSPS) is 10.1. The van der Waals surface area contributed by atoms with E-state index in [0.717, 1.165) is 0 Å². The molecular weight excluding hydrogens is 123 g/mol. The molecule has 2 nitrogen and oxygen atoms in total. The van der Waals surface area contributed by atoms with Crippen LogP contribution in [0.15, 0.2) is 12.6 Å². The van der Waals surface area contributed by atoms with E-state index in [-0.39, 0.29) is 13.0 Å². The van der Waals surface area contributed by atoms with E-state index in [9.17, 15) is 9.18 Å². The summed E-state index contributed by atoms with van der Waals surface area (Å²) >= 11 is 0. The molecule has 52 valence electrons. The van der Waals surface area contributed by atoms with Crippen molar-refractivity contribution in [2.75, 3.05) is 13.3 Å². The van der Waals surface area contributed by atoms with Crippen LogP contribution in [0.3, 0.4) is 0 Å². The van der Waals surface area contributed by atoms with Crippen molar-refractivity contribution in [2.45, 2.75) is 6.42 Å². The number of hydrogen-bond donors (Lipinski definition) is 0. The number of rotatable bonds is 4. The number of carbonyl (C=O) groups excluding carboxylic acids is 1. The average Bonchev–Trinajstić information content (AvgIpc) is 1.88. The number of alkyl halides is 1. The quantitative estimate of drug-likeness (QED) is 0.326. The second-order valence-electron chi connectivity index (χ2n) is 1.36. The van der Waals surface area contributed by atoms with E-state index in [0.29, 0.717) is 0 Å². The lowest BCUT2D eigenvalue weighted by Gasteiger charge is -1.96. The molecule has 0 aromatic carbocycles. The molecule has 0 spiro atoms. The molecule has 0 fully saturated rings. The monoisotopic (exact) mass is 133 g/mol. The Hall–Kier alpha value is -0.860. The minimum atomic E-state index is -0.784. The Labute approximate surface area is 54.7 Å². The summed E-state index contributed by atoms with van der Waals surface area (Å²) in [5.41, 5.74) is 0. The third kappa shape index (κ3) is 5.00. The first-order valence-electron chi connectivity index (χ1n) is 3.07. The highest BCUT2D eigenvalue weighted by atomic mass is 19.1. The molecule has 0 amide bonds. The summed E-state index contributed by atoms with van der Waals surface area (Å²) in [6.07, 6.45) is 0.180. The first kappa shape index (κ1) is 6.26. The van der Waals surface area contributed by atoms with Crippen molar-refractivity contribution >= 4 is 5.97 Å². The zero-order chi connectivity index (χ0) is 7.98. The Kier molecular flexibility index (Phi) is 3.67. The smallest absolute Gasteiger partial charge is 0.330 e. The van der Waals surface area contributed by atoms with Crippen LogP contribution >= 0.6 is 0 Å². The zero-order valence-electron chi connectivity index (χ0n) is 6.02. The Morgan fingerprint density at radius 1 is 2.00 bits per heavy atom. The van der Waals surface area contributed by atoms with E-state index in [4.69, 9.17) is 1.37 Å². The van der Waals surface area contributed by atoms with Crippen molar-refractivity contribution in [3.8, 4) is 0 Å². The maximum atomic E-state index is 11.4. The number of hydrogen-bond acceptors (Lipinski definition) is 2. The van der Waals surface area contributed by atoms with E-state index in [1.165, 1.54) is 0 Å². The third-order valence-electron chi connectivity index (χ3n) is 0.655. The van der Waals surface area contributed by atoms with E-state index in [1.54, 1.807) is 0 Å². The Balaban J connectivity index is 3.31. The minimum absolute atomic E-state index is 0.0211. The van der Waals surface area contributed by atoms with Gasteiger partial charge in [-0.2, -0.15) is 0 Å². The lowest BCUT2D eigenvalue weighted by atomic mass is 10.5. The summed E-state index contributed by atoms with van der Waals surface area (Å²) < 4.78 is 22.4. The largest absolute Gasteiger partial charge is 0.462 e. The van der Waals surface area contributed by atoms with Crippen LogP contribution in [0.5, 0.6) is 0 Å². The van der Waals surface area contributed by atoms with Crippen LogP contribution in [0, 0.1) is 0 Å². The summed E-state index contributed by atoms with van der Waals surface area (Å²) in [5, 5.41) is 0. The number of ether oxygens (including phenoxy) is 1. The first-order valence-corrected chi connectivity index (χ1v) is 2.57. The van der Waals surface area contributed by atoms with Gasteiger partial charge in [-0.3, -0.25) is 4.39 Å². The van der Waals surface area contributed by atoms with Crippen LogP contribution in [0.1, 0.15) is 7.79 Å². The molecule has 9 heavy (non-hydrogen) atoms. The summed E-state index contributed by atoms with van der Waals surface area (Å²) in [7, 11) is 0. The Morgan fingerprint density at radius 3 is 3.11 bits per heavy atom. The fourth-order valence-corrected chi connectivity index (χ4v) is 0.270. The van der Waals surface area contributed by atoms with Crippen LogP contribution in [-0.2, 0) is 9.53 Å². The van der Waals surface area contributed by atoms with Gasteiger partial charge in [0.1, 0.15) is 0 Å². The SMILES string of the molecule is [2H]C(=C)C(=O)OCCCF. The van der Waals surface area contributed by atoms with Crippen molar-refractivity contribution in [1.82, 2.24) is 0 Å². The second-order valence-corrected chi connectivity index (χ2v) is 1.36. The van der Waals surface area contributed by atoms with Crippen molar-refractivity contribution in [2.24, 2.45) is 0 Å². The van der Waals surface area contributed by atoms with Gasteiger partial charge in [0.05, 0.1) is 14.7 Å². The highest BCUT2D eigenvalue weighted by Crippen LogP contribution is 1.84. The molecular formula is C6H9FO2. The predicted molar refractivity (Wildman–Crippen MR) is 31.7 cm³/mol. The zero-order valence-corrected chi connectivity index (χ0v) is 5.02. The molecule has 0 saturated heterocycles. The van der Waals surface area contributed by atoms with E-state index >= 15 is 0 Å². The molecule has 0 bridgehead atoms. The van der Waals surface area contributed by atoms with E-state index < -0.39 is 18.7 Å². The lowest BCUT2D eigenvalue weighted by Crippen LogP contribution is -2.01. The molecule has 0 heterocycles. The van der Waals surface area contributed by atoms with Crippen molar-refractivity contribution in [3.63, 3.8) is 0 Å². The van der Waals surface area contributed by atoms with Gasteiger partial charge in [-0.1, -0.05) is 6.58 Å². The maximum absolute atomic E-state index is 11.4. The lowest BCUT2D eigenvalue weighted by molar-refractivity contribution is -0.137. The maximum Gasteiger partial charge on any atom is 0.330 e. The molecule has 0 unspecified atom stereocenters. The van der Waals surface area contributed by atoms with Crippen LogP contribution in [0.25, 0.3) is 0 Å². The van der Waals surface area contributed by atoms with Crippen LogP contribution in [0.2, 0.25) is 0 Å². The fraction of sp³-hybridized carbons (Fsp3) is 0.500. The number of halogens is 1. The molecule has 0 rings (SSSR count). The van der Waals surface area contributed by atoms with Crippen molar-refractivity contribution < 1.29 is 15.3 Å². The molecule has 0 aromatic rings. The van der Waals surface area contributed by atoms with Gasteiger partial charge in [0.2, 0.25) is 0 Å². The summed E-state index contributed by atoms with van der Waals surface area (Å²) in [4.78, 5) is 10.4. The first-order chi connectivity index (χ1) is 4.68. The molecule has 0 aliphatic carbocycles. The van der Waals surface area contributed by atoms with Gasteiger partial charge in [-0.25, -0.2) is 4.79 Å². The van der Waals surface area contributed by atoms with Crippen molar-refractivity contribution in [1.29, 1.82) is 0 Å². The van der Waals surface area contributed by atoms with Crippen LogP contribution < -0.4 is 0 Å². The molecule has 0 radical (unpaired) electrons. The average molecular weight is 133 g/mol. The number of esters is 1. The minimum Gasteiger partial charge on any atom is -0.462 e. The van der Waals surface area contributed by atoms with Crippen LogP contribution in [0.4, 0.5) is 4.39 Å².